The van der Waals surface area contributed by atoms with Crippen LogP contribution in [0.2, 0.25) is 0 Å². The van der Waals surface area contributed by atoms with Gasteiger partial charge >= 0.3 is 0 Å². The van der Waals surface area contributed by atoms with Gasteiger partial charge in [-0.1, -0.05) is 23.4 Å². The molecule has 0 unspecified atom stereocenters. The van der Waals surface area contributed by atoms with Crippen molar-refractivity contribution in [3.63, 3.8) is 0 Å². The molecule has 0 N–H and O–H groups in total. The van der Waals surface area contributed by atoms with Crippen molar-refractivity contribution in [1.82, 2.24) is 25.0 Å². The topological polar surface area (TPSA) is 81.1 Å². The smallest absolute Gasteiger partial charge is 0.230 e. The van der Waals surface area contributed by atoms with E-state index in [0.717, 1.165) is 55.2 Å². The predicted molar refractivity (Wildman–Crippen MR) is 98.8 cm³/mol. The van der Waals surface area contributed by atoms with Crippen LogP contribution < -0.4 is 0 Å². The highest BCUT2D eigenvalue weighted by molar-refractivity contribution is 5.72. The normalized spacial score (nSPS) is 16.1. The van der Waals surface area contributed by atoms with Crippen molar-refractivity contribution in [2.75, 3.05) is 13.1 Å². The summed E-state index contributed by atoms with van der Waals surface area (Å²) in [7, 11) is 0. The highest BCUT2D eigenvalue weighted by Gasteiger charge is 2.26. The number of piperidine rings is 1. The minimum Gasteiger partial charge on any atom is -0.439 e. The number of hydrogen-bond donors (Lipinski definition) is 0. The van der Waals surface area contributed by atoms with E-state index in [2.05, 4.69) is 25.0 Å². The quantitative estimate of drug-likeness (QED) is 0.549. The molecule has 1 aromatic carbocycles. The second-order valence-corrected chi connectivity index (χ2v) is 6.80. The van der Waals surface area contributed by atoms with E-state index in [0.29, 0.717) is 11.7 Å². The van der Waals surface area contributed by atoms with Crippen LogP contribution in [-0.4, -0.2) is 38.1 Å². The Balaban J connectivity index is 1.22. The van der Waals surface area contributed by atoms with Crippen LogP contribution in [0.5, 0.6) is 0 Å². The fourth-order valence-corrected chi connectivity index (χ4v) is 3.52. The van der Waals surface area contributed by atoms with Crippen molar-refractivity contribution in [3.05, 3.63) is 60.4 Å². The maximum absolute atomic E-state index is 5.83. The van der Waals surface area contributed by atoms with E-state index in [1.807, 2.05) is 42.5 Å². The molecule has 1 aliphatic rings. The first kappa shape index (κ1) is 16.1. The van der Waals surface area contributed by atoms with E-state index in [9.17, 15) is 0 Å². The van der Waals surface area contributed by atoms with Crippen molar-refractivity contribution in [3.8, 4) is 11.5 Å². The Bertz CT molecular complexity index is 1000. The van der Waals surface area contributed by atoms with E-state index in [1.54, 1.807) is 6.20 Å². The second kappa shape index (κ2) is 6.92. The number of oxazole rings is 1. The van der Waals surface area contributed by atoms with Gasteiger partial charge in [0.2, 0.25) is 17.6 Å². The molecule has 27 heavy (non-hydrogen) atoms. The third-order valence-corrected chi connectivity index (χ3v) is 4.97. The maximum Gasteiger partial charge on any atom is 0.230 e. The molecule has 0 saturated carbocycles. The van der Waals surface area contributed by atoms with Gasteiger partial charge in [0.1, 0.15) is 11.2 Å². The number of likely N-dealkylation sites (tertiary alicyclic amines) is 1. The standard InChI is InChI=1S/C20H19N5O2/c1-2-7-17-15(5-1)22-18(26-17)13-25-11-8-14(9-12-25)20-23-19(24-27-20)16-6-3-4-10-21-16/h1-7,10,14H,8-9,11-13H2. The average Bonchev–Trinajstić information content (AvgIpc) is 3.36. The Morgan fingerprint density at radius 3 is 2.67 bits per heavy atom. The van der Waals surface area contributed by atoms with Crippen LogP contribution in [0.25, 0.3) is 22.6 Å². The SMILES string of the molecule is c1ccc(-c2noc(C3CCN(Cc4nc5ccccc5o4)CC3)n2)nc1. The number of hydrogen-bond acceptors (Lipinski definition) is 7. The van der Waals surface area contributed by atoms with Crippen molar-refractivity contribution in [2.45, 2.75) is 25.3 Å². The Labute approximate surface area is 156 Å². The van der Waals surface area contributed by atoms with Gasteiger partial charge in [0.05, 0.1) is 6.54 Å². The van der Waals surface area contributed by atoms with Gasteiger partial charge < -0.3 is 8.94 Å². The van der Waals surface area contributed by atoms with Gasteiger partial charge in [0.25, 0.3) is 0 Å². The summed E-state index contributed by atoms with van der Waals surface area (Å²) in [5.41, 5.74) is 2.49. The third-order valence-electron chi connectivity index (χ3n) is 4.97. The summed E-state index contributed by atoms with van der Waals surface area (Å²) in [5, 5.41) is 4.09. The molecular formula is C20H19N5O2. The molecule has 0 radical (unpaired) electrons. The van der Waals surface area contributed by atoms with Gasteiger partial charge in [-0.15, -0.1) is 0 Å². The molecule has 0 atom stereocenters. The monoisotopic (exact) mass is 361 g/mol. The molecule has 4 aromatic rings. The van der Waals surface area contributed by atoms with Crippen LogP contribution in [-0.2, 0) is 6.54 Å². The molecule has 0 amide bonds. The fourth-order valence-electron chi connectivity index (χ4n) is 3.52. The second-order valence-electron chi connectivity index (χ2n) is 6.80. The molecule has 7 heteroatoms. The molecule has 0 spiro atoms. The number of fused-ring (bicyclic) bond motifs is 1. The number of rotatable bonds is 4. The Morgan fingerprint density at radius 1 is 1.00 bits per heavy atom. The lowest BCUT2D eigenvalue weighted by Gasteiger charge is -2.29. The molecule has 3 aromatic heterocycles. The molecule has 1 saturated heterocycles. The molecule has 4 heterocycles. The van der Waals surface area contributed by atoms with Crippen LogP contribution >= 0.6 is 0 Å². The maximum atomic E-state index is 5.83. The largest absolute Gasteiger partial charge is 0.439 e. The first-order valence-corrected chi connectivity index (χ1v) is 9.17. The zero-order valence-corrected chi connectivity index (χ0v) is 14.8. The van der Waals surface area contributed by atoms with Gasteiger partial charge in [-0.2, -0.15) is 4.98 Å². The average molecular weight is 361 g/mol. The number of benzene rings is 1. The molecule has 136 valence electrons. The molecule has 1 aliphatic heterocycles. The van der Waals surface area contributed by atoms with Crippen LogP contribution in [0.15, 0.2) is 57.6 Å². The van der Waals surface area contributed by atoms with Crippen molar-refractivity contribution < 1.29 is 8.94 Å². The van der Waals surface area contributed by atoms with Crippen molar-refractivity contribution in [1.29, 1.82) is 0 Å². The lowest BCUT2D eigenvalue weighted by atomic mass is 9.97. The third kappa shape index (κ3) is 3.33. The van der Waals surface area contributed by atoms with E-state index >= 15 is 0 Å². The first-order valence-electron chi connectivity index (χ1n) is 9.17. The molecular weight excluding hydrogens is 342 g/mol. The van der Waals surface area contributed by atoms with Crippen LogP contribution in [0, 0.1) is 0 Å². The zero-order chi connectivity index (χ0) is 18.1. The molecule has 7 nitrogen and oxygen atoms in total. The number of para-hydroxylation sites is 2. The van der Waals surface area contributed by atoms with Crippen molar-refractivity contribution in [2.24, 2.45) is 0 Å². The van der Waals surface area contributed by atoms with Crippen LogP contribution in [0.4, 0.5) is 0 Å². The van der Waals surface area contributed by atoms with Crippen LogP contribution in [0.1, 0.15) is 30.5 Å². The van der Waals surface area contributed by atoms with E-state index in [1.165, 1.54) is 0 Å². The van der Waals surface area contributed by atoms with E-state index in [4.69, 9.17) is 8.94 Å². The van der Waals surface area contributed by atoms with Gasteiger partial charge in [-0.3, -0.25) is 9.88 Å². The number of pyridine rings is 1. The summed E-state index contributed by atoms with van der Waals surface area (Å²) in [6.07, 6.45) is 3.68. The van der Waals surface area contributed by atoms with Gasteiger partial charge in [-0.05, 0) is 50.2 Å². The minimum absolute atomic E-state index is 0.287. The van der Waals surface area contributed by atoms with Gasteiger partial charge in [0.15, 0.2) is 5.58 Å². The lowest BCUT2D eigenvalue weighted by molar-refractivity contribution is 0.175. The number of nitrogens with zero attached hydrogens (tertiary/aromatic N) is 5. The molecule has 5 rings (SSSR count). The van der Waals surface area contributed by atoms with Crippen molar-refractivity contribution >= 4 is 11.1 Å². The predicted octanol–water partition coefficient (Wildman–Crippen LogP) is 3.65. The Kier molecular flexibility index (Phi) is 4.14. The van der Waals surface area contributed by atoms with Crippen LogP contribution in [0.3, 0.4) is 0 Å². The fraction of sp³-hybridized carbons (Fsp3) is 0.300. The zero-order valence-electron chi connectivity index (χ0n) is 14.8. The summed E-state index contributed by atoms with van der Waals surface area (Å²) in [6.45, 7) is 2.62. The lowest BCUT2D eigenvalue weighted by Crippen LogP contribution is -2.32. The summed E-state index contributed by atoms with van der Waals surface area (Å²) < 4.78 is 11.3. The summed E-state index contributed by atoms with van der Waals surface area (Å²) >= 11 is 0. The van der Waals surface area contributed by atoms with Gasteiger partial charge in [0, 0.05) is 12.1 Å². The van der Waals surface area contributed by atoms with E-state index < -0.39 is 0 Å². The summed E-state index contributed by atoms with van der Waals surface area (Å²) in [5.74, 6) is 2.32. The first-order chi connectivity index (χ1) is 13.3. The molecule has 1 fully saturated rings. The minimum atomic E-state index is 0.287. The van der Waals surface area contributed by atoms with Gasteiger partial charge in [-0.25, -0.2) is 4.98 Å². The Morgan fingerprint density at radius 2 is 1.85 bits per heavy atom. The van der Waals surface area contributed by atoms with E-state index in [-0.39, 0.29) is 5.92 Å². The molecule has 0 aliphatic carbocycles. The number of aromatic nitrogens is 4. The molecule has 0 bridgehead atoms. The Hall–Kier alpha value is -3.06. The highest BCUT2D eigenvalue weighted by Crippen LogP contribution is 2.29. The summed E-state index contributed by atoms with van der Waals surface area (Å²) in [6, 6.07) is 13.5. The summed E-state index contributed by atoms with van der Waals surface area (Å²) in [4.78, 5) is 15.7. The highest BCUT2D eigenvalue weighted by atomic mass is 16.5.